The molecule has 0 N–H and O–H groups in total. The highest BCUT2D eigenvalue weighted by Gasteiger charge is 2.12. The van der Waals surface area contributed by atoms with Crippen LogP contribution in [0.25, 0.3) is 5.69 Å². The molecule has 1 aromatic heterocycles. The molecule has 0 atom stereocenters. The molecular formula is C15H21N5OS. The first-order valence-corrected chi connectivity index (χ1v) is 8.31. The van der Waals surface area contributed by atoms with E-state index in [0.717, 1.165) is 12.1 Å². The summed E-state index contributed by atoms with van der Waals surface area (Å²) >= 11 is 1.34. The van der Waals surface area contributed by atoms with E-state index in [1.54, 1.807) is 23.7 Å². The summed E-state index contributed by atoms with van der Waals surface area (Å²) in [5, 5.41) is 12.3. The largest absolute Gasteiger partial charge is 0.348 e. The minimum atomic E-state index is 0.0365. The van der Waals surface area contributed by atoms with E-state index in [1.165, 1.54) is 30.2 Å². The second-order valence-corrected chi connectivity index (χ2v) is 6.16. The smallest absolute Gasteiger partial charge is 0.232 e. The molecule has 22 heavy (non-hydrogen) atoms. The molecule has 0 unspecified atom stereocenters. The van der Waals surface area contributed by atoms with Crippen molar-refractivity contribution in [2.75, 3.05) is 19.8 Å². The van der Waals surface area contributed by atoms with Gasteiger partial charge in [-0.3, -0.25) is 4.79 Å². The van der Waals surface area contributed by atoms with E-state index in [-0.39, 0.29) is 5.91 Å². The fraction of sp³-hybridized carbons (Fsp3) is 0.467. The highest BCUT2D eigenvalue weighted by molar-refractivity contribution is 7.99. The molecule has 0 fully saturated rings. The molecule has 0 saturated carbocycles. The van der Waals surface area contributed by atoms with Crippen molar-refractivity contribution in [1.82, 2.24) is 25.1 Å². The average Bonchev–Trinajstić information content (AvgIpc) is 2.99. The summed E-state index contributed by atoms with van der Waals surface area (Å²) in [5.74, 6) is 0.358. The Morgan fingerprint density at radius 3 is 2.64 bits per heavy atom. The third-order valence-corrected chi connectivity index (χ3v) is 4.17. The Labute approximate surface area is 134 Å². The Morgan fingerprint density at radius 2 is 2.00 bits per heavy atom. The molecule has 7 heteroatoms. The lowest BCUT2D eigenvalue weighted by Gasteiger charge is -2.09. The molecule has 2 aromatic rings. The number of unbranched alkanes of at least 4 members (excludes halogenated alkanes) is 1. The van der Waals surface area contributed by atoms with Crippen molar-refractivity contribution < 1.29 is 4.79 Å². The van der Waals surface area contributed by atoms with Crippen LogP contribution in [0.15, 0.2) is 29.4 Å². The van der Waals surface area contributed by atoms with Crippen LogP contribution in [-0.2, 0) is 11.2 Å². The van der Waals surface area contributed by atoms with Crippen LogP contribution in [0, 0.1) is 0 Å². The molecular weight excluding hydrogens is 298 g/mol. The van der Waals surface area contributed by atoms with E-state index in [2.05, 4.69) is 34.6 Å². The molecule has 118 valence electrons. The van der Waals surface area contributed by atoms with E-state index in [0.29, 0.717) is 10.9 Å². The number of rotatable bonds is 7. The summed E-state index contributed by atoms with van der Waals surface area (Å²) in [6.07, 6.45) is 3.47. The molecule has 1 amide bonds. The Hall–Kier alpha value is -1.89. The Balaban J connectivity index is 2.06. The van der Waals surface area contributed by atoms with E-state index in [9.17, 15) is 4.79 Å². The number of hydrogen-bond donors (Lipinski definition) is 0. The first kappa shape index (κ1) is 16.5. The van der Waals surface area contributed by atoms with Crippen molar-refractivity contribution in [3.8, 4) is 5.69 Å². The molecule has 1 aromatic carbocycles. The van der Waals surface area contributed by atoms with Gasteiger partial charge in [0.25, 0.3) is 0 Å². The molecule has 6 nitrogen and oxygen atoms in total. The quantitative estimate of drug-likeness (QED) is 0.732. The summed E-state index contributed by atoms with van der Waals surface area (Å²) in [6.45, 7) is 2.19. The first-order chi connectivity index (χ1) is 10.6. The fourth-order valence-corrected chi connectivity index (χ4v) is 2.74. The van der Waals surface area contributed by atoms with Crippen molar-refractivity contribution >= 4 is 17.7 Å². The molecule has 0 aliphatic heterocycles. The summed E-state index contributed by atoms with van der Waals surface area (Å²) < 4.78 is 1.66. The van der Waals surface area contributed by atoms with Gasteiger partial charge in [-0.1, -0.05) is 37.2 Å². The number of carbonyl (C=O) groups excluding carboxylic acids is 1. The number of carbonyl (C=O) groups is 1. The van der Waals surface area contributed by atoms with E-state index >= 15 is 0 Å². The number of thioether (sulfide) groups is 1. The minimum Gasteiger partial charge on any atom is -0.348 e. The topological polar surface area (TPSA) is 63.9 Å². The van der Waals surface area contributed by atoms with Crippen molar-refractivity contribution in [2.45, 2.75) is 31.3 Å². The van der Waals surface area contributed by atoms with Gasteiger partial charge in [-0.05, 0) is 41.0 Å². The zero-order valence-electron chi connectivity index (χ0n) is 13.2. The molecule has 0 bridgehead atoms. The van der Waals surface area contributed by atoms with Gasteiger partial charge in [-0.25, -0.2) is 0 Å². The Kier molecular flexibility index (Phi) is 5.94. The van der Waals surface area contributed by atoms with Crippen LogP contribution in [0.2, 0.25) is 0 Å². The minimum absolute atomic E-state index is 0.0365. The van der Waals surface area contributed by atoms with E-state index in [1.807, 2.05) is 12.1 Å². The Morgan fingerprint density at radius 1 is 1.27 bits per heavy atom. The van der Waals surface area contributed by atoms with Gasteiger partial charge in [-0.2, -0.15) is 4.68 Å². The van der Waals surface area contributed by atoms with Crippen LogP contribution >= 0.6 is 11.8 Å². The third-order valence-electron chi connectivity index (χ3n) is 3.26. The summed E-state index contributed by atoms with van der Waals surface area (Å²) in [6, 6.07) is 8.23. The second kappa shape index (κ2) is 7.93. The highest BCUT2D eigenvalue weighted by Crippen LogP contribution is 2.19. The van der Waals surface area contributed by atoms with Crippen molar-refractivity contribution in [3.05, 3.63) is 29.8 Å². The maximum atomic E-state index is 11.7. The summed E-state index contributed by atoms with van der Waals surface area (Å²) in [4.78, 5) is 13.2. The lowest BCUT2D eigenvalue weighted by molar-refractivity contribution is -0.125. The first-order valence-electron chi connectivity index (χ1n) is 7.32. The van der Waals surface area contributed by atoms with Crippen molar-refractivity contribution in [2.24, 2.45) is 0 Å². The summed E-state index contributed by atoms with van der Waals surface area (Å²) in [5.41, 5.74) is 2.22. The van der Waals surface area contributed by atoms with Gasteiger partial charge in [0, 0.05) is 14.1 Å². The molecule has 2 rings (SSSR count). The van der Waals surface area contributed by atoms with Crippen molar-refractivity contribution in [1.29, 1.82) is 0 Å². The SMILES string of the molecule is CCCCc1ccc(-n2nnnc2SCC(=O)N(C)C)cc1. The number of aromatic nitrogens is 4. The molecule has 0 spiro atoms. The lowest BCUT2D eigenvalue weighted by atomic mass is 10.1. The average molecular weight is 319 g/mol. The number of benzene rings is 1. The number of nitrogens with zero attached hydrogens (tertiary/aromatic N) is 5. The second-order valence-electron chi connectivity index (χ2n) is 5.22. The van der Waals surface area contributed by atoms with Gasteiger partial charge in [0.1, 0.15) is 0 Å². The molecule has 1 heterocycles. The van der Waals surface area contributed by atoms with Gasteiger partial charge >= 0.3 is 0 Å². The maximum Gasteiger partial charge on any atom is 0.232 e. The van der Waals surface area contributed by atoms with Crippen LogP contribution in [0.3, 0.4) is 0 Å². The van der Waals surface area contributed by atoms with Crippen LogP contribution < -0.4 is 0 Å². The Bertz CT molecular complexity index is 609. The fourth-order valence-electron chi connectivity index (χ4n) is 1.87. The van der Waals surface area contributed by atoms with Gasteiger partial charge in [0.15, 0.2) is 0 Å². The number of amides is 1. The van der Waals surface area contributed by atoms with Gasteiger partial charge in [-0.15, -0.1) is 5.10 Å². The molecule has 0 aliphatic rings. The van der Waals surface area contributed by atoms with Gasteiger partial charge in [0.05, 0.1) is 11.4 Å². The van der Waals surface area contributed by atoms with Crippen LogP contribution in [0.5, 0.6) is 0 Å². The monoisotopic (exact) mass is 319 g/mol. The third kappa shape index (κ3) is 4.30. The van der Waals surface area contributed by atoms with Gasteiger partial charge < -0.3 is 4.90 Å². The number of aryl methyl sites for hydroxylation is 1. The zero-order chi connectivity index (χ0) is 15.9. The molecule has 0 aliphatic carbocycles. The lowest BCUT2D eigenvalue weighted by Crippen LogP contribution is -2.23. The molecule has 0 radical (unpaired) electrons. The molecule has 0 saturated heterocycles. The van der Waals surface area contributed by atoms with Crippen LogP contribution in [0.1, 0.15) is 25.3 Å². The maximum absolute atomic E-state index is 11.7. The highest BCUT2D eigenvalue weighted by atomic mass is 32.2. The van der Waals surface area contributed by atoms with E-state index < -0.39 is 0 Å². The summed E-state index contributed by atoms with van der Waals surface area (Å²) in [7, 11) is 3.47. The standard InChI is InChI=1S/C15H21N5OS/c1-4-5-6-12-7-9-13(10-8-12)20-15(16-17-18-20)22-11-14(21)19(2)3/h7-10H,4-6,11H2,1-3H3. The predicted molar refractivity (Wildman–Crippen MR) is 87.2 cm³/mol. The van der Waals surface area contributed by atoms with Crippen LogP contribution in [0.4, 0.5) is 0 Å². The number of hydrogen-bond acceptors (Lipinski definition) is 5. The van der Waals surface area contributed by atoms with Crippen molar-refractivity contribution in [3.63, 3.8) is 0 Å². The van der Waals surface area contributed by atoms with Crippen LogP contribution in [-0.4, -0.2) is 50.9 Å². The van der Waals surface area contributed by atoms with Gasteiger partial charge in [0.2, 0.25) is 11.1 Å². The zero-order valence-corrected chi connectivity index (χ0v) is 14.0. The predicted octanol–water partition coefficient (Wildman–Crippen LogP) is 2.19. The normalized spacial score (nSPS) is 10.7. The van der Waals surface area contributed by atoms with E-state index in [4.69, 9.17) is 0 Å². The number of tetrazole rings is 1.